The number of nitrogens with one attached hydrogen (secondary N) is 3. The van der Waals surface area contributed by atoms with Crippen LogP contribution in [0.25, 0.3) is 0 Å². The molecule has 0 aromatic rings. The van der Waals surface area contributed by atoms with Crippen molar-refractivity contribution in [2.45, 2.75) is 20.0 Å². The van der Waals surface area contributed by atoms with Gasteiger partial charge in [-0.25, -0.2) is 0 Å². The summed E-state index contributed by atoms with van der Waals surface area (Å²) in [6.45, 7) is 17.0. The lowest BCUT2D eigenvalue weighted by Crippen LogP contribution is -2.54. The highest BCUT2D eigenvalue weighted by molar-refractivity contribution is 4.75. The van der Waals surface area contributed by atoms with Crippen molar-refractivity contribution in [3.05, 3.63) is 0 Å². The summed E-state index contributed by atoms with van der Waals surface area (Å²) in [5.74, 6) is 0. The summed E-state index contributed by atoms with van der Waals surface area (Å²) < 4.78 is 0. The molecule has 0 aromatic heterocycles. The minimum Gasteiger partial charge on any atom is -0.329 e. The highest BCUT2D eigenvalue weighted by Gasteiger charge is 2.21. The van der Waals surface area contributed by atoms with E-state index in [4.69, 9.17) is 11.5 Å². The second-order valence-corrected chi connectivity index (χ2v) is 6.66. The lowest BCUT2D eigenvalue weighted by atomic mass is 10.3. The van der Waals surface area contributed by atoms with Crippen molar-refractivity contribution in [3.63, 3.8) is 0 Å². The Morgan fingerprint density at radius 2 is 1.42 bits per heavy atom. The maximum atomic E-state index is 5.55. The van der Waals surface area contributed by atoms with Gasteiger partial charge in [-0.2, -0.15) is 0 Å². The third-order valence-electron chi connectivity index (χ3n) is 4.76. The van der Waals surface area contributed by atoms with Gasteiger partial charge in [0.1, 0.15) is 0 Å². The molecular weight excluding hydrogens is 328 g/mol. The maximum absolute atomic E-state index is 5.55. The van der Waals surface area contributed by atoms with Gasteiger partial charge in [0.05, 0.1) is 6.17 Å². The predicted octanol–water partition coefficient (Wildman–Crippen LogP) is -1.80. The van der Waals surface area contributed by atoms with Gasteiger partial charge in [0, 0.05) is 72.0 Å². The van der Waals surface area contributed by atoms with E-state index in [0.29, 0.717) is 19.3 Å². The lowest BCUT2D eigenvalue weighted by Gasteiger charge is -2.38. The van der Waals surface area contributed by atoms with Gasteiger partial charge in [0.25, 0.3) is 0 Å². The molecule has 0 aliphatic carbocycles. The zero-order valence-electron chi connectivity index (χ0n) is 17.8. The third kappa shape index (κ3) is 12.1. The van der Waals surface area contributed by atoms with Crippen molar-refractivity contribution in [1.82, 2.24) is 30.7 Å². The zero-order chi connectivity index (χ0) is 19.6. The van der Waals surface area contributed by atoms with Crippen molar-refractivity contribution in [2.24, 2.45) is 11.5 Å². The molecule has 0 aliphatic heterocycles. The number of hydrogen-bond donors (Lipinski definition) is 5. The van der Waals surface area contributed by atoms with E-state index in [1.165, 1.54) is 0 Å². The van der Waals surface area contributed by atoms with E-state index in [9.17, 15) is 0 Å². The first kappa shape index (κ1) is 25.7. The summed E-state index contributed by atoms with van der Waals surface area (Å²) in [5.41, 5.74) is 11.1. The van der Waals surface area contributed by atoms with Gasteiger partial charge >= 0.3 is 0 Å². The van der Waals surface area contributed by atoms with Gasteiger partial charge in [-0.1, -0.05) is 13.8 Å². The fourth-order valence-electron chi connectivity index (χ4n) is 3.06. The van der Waals surface area contributed by atoms with E-state index in [0.717, 1.165) is 72.0 Å². The number of rotatable bonds is 19. The average molecular weight is 375 g/mol. The van der Waals surface area contributed by atoms with E-state index in [-0.39, 0.29) is 0 Å². The van der Waals surface area contributed by atoms with Gasteiger partial charge in [-0.3, -0.25) is 9.80 Å². The summed E-state index contributed by atoms with van der Waals surface area (Å²) >= 11 is 0. The minimum absolute atomic E-state index is 0.402. The molecule has 0 saturated carbocycles. The summed E-state index contributed by atoms with van der Waals surface area (Å²) in [7, 11) is 4.24. The van der Waals surface area contributed by atoms with Crippen LogP contribution < -0.4 is 27.4 Å². The van der Waals surface area contributed by atoms with Crippen LogP contribution in [0.3, 0.4) is 0 Å². The van der Waals surface area contributed by atoms with Crippen LogP contribution in [0.5, 0.6) is 0 Å². The molecule has 8 nitrogen and oxygen atoms in total. The molecule has 0 aliphatic rings. The van der Waals surface area contributed by atoms with E-state index < -0.39 is 0 Å². The van der Waals surface area contributed by atoms with Crippen LogP contribution in [-0.2, 0) is 0 Å². The summed E-state index contributed by atoms with van der Waals surface area (Å²) in [6, 6.07) is 0. The summed E-state index contributed by atoms with van der Waals surface area (Å²) in [5, 5.41) is 10.1. The Kier molecular flexibility index (Phi) is 17.8. The first-order valence-electron chi connectivity index (χ1n) is 10.3. The second kappa shape index (κ2) is 18.1. The molecule has 0 amide bonds. The van der Waals surface area contributed by atoms with Crippen LogP contribution in [0.2, 0.25) is 0 Å². The minimum atomic E-state index is 0.402. The Morgan fingerprint density at radius 3 is 1.92 bits per heavy atom. The summed E-state index contributed by atoms with van der Waals surface area (Å²) in [4.78, 5) is 7.50. The Labute approximate surface area is 162 Å². The molecule has 0 radical (unpaired) electrons. The number of nitrogens with two attached hydrogens (primary N) is 2. The van der Waals surface area contributed by atoms with Crippen LogP contribution in [0.1, 0.15) is 13.8 Å². The smallest absolute Gasteiger partial charge is 0.0749 e. The standard InChI is InChI=1S/C18H46N8/c1-5-25(14-12-23-10-8-20)15-16-26(6-2)18(17-21-3)24(4)13-11-22-9-7-19/h18,21-23H,5-17,19-20H2,1-4H3. The predicted molar refractivity (Wildman–Crippen MR) is 114 cm³/mol. The van der Waals surface area contributed by atoms with Crippen molar-refractivity contribution in [1.29, 1.82) is 0 Å². The van der Waals surface area contributed by atoms with Crippen LogP contribution >= 0.6 is 0 Å². The van der Waals surface area contributed by atoms with Crippen LogP contribution in [0.4, 0.5) is 0 Å². The largest absolute Gasteiger partial charge is 0.329 e. The third-order valence-corrected chi connectivity index (χ3v) is 4.76. The zero-order valence-corrected chi connectivity index (χ0v) is 17.8. The molecule has 0 heterocycles. The molecule has 0 bridgehead atoms. The Morgan fingerprint density at radius 1 is 0.808 bits per heavy atom. The molecule has 0 saturated heterocycles. The van der Waals surface area contributed by atoms with Crippen molar-refractivity contribution < 1.29 is 0 Å². The van der Waals surface area contributed by atoms with Crippen molar-refractivity contribution >= 4 is 0 Å². The van der Waals surface area contributed by atoms with Crippen molar-refractivity contribution in [2.75, 3.05) is 99.2 Å². The monoisotopic (exact) mass is 374 g/mol. The van der Waals surface area contributed by atoms with Gasteiger partial charge in [0.15, 0.2) is 0 Å². The van der Waals surface area contributed by atoms with Gasteiger partial charge in [-0.15, -0.1) is 0 Å². The molecule has 0 aromatic carbocycles. The molecule has 158 valence electrons. The van der Waals surface area contributed by atoms with Crippen LogP contribution in [-0.4, -0.2) is 120 Å². The molecule has 8 heteroatoms. The number of nitrogens with zero attached hydrogens (tertiary/aromatic N) is 3. The molecule has 1 unspecified atom stereocenters. The van der Waals surface area contributed by atoms with E-state index >= 15 is 0 Å². The Bertz CT molecular complexity index is 292. The Balaban J connectivity index is 4.44. The topological polar surface area (TPSA) is 97.8 Å². The molecular formula is C18H46N8. The maximum Gasteiger partial charge on any atom is 0.0749 e. The molecule has 26 heavy (non-hydrogen) atoms. The number of hydrogen-bond acceptors (Lipinski definition) is 8. The average Bonchev–Trinajstić information content (AvgIpc) is 2.66. The first-order chi connectivity index (χ1) is 12.6. The first-order valence-corrected chi connectivity index (χ1v) is 10.3. The van der Waals surface area contributed by atoms with E-state index in [2.05, 4.69) is 51.5 Å². The van der Waals surface area contributed by atoms with Crippen LogP contribution in [0, 0.1) is 0 Å². The SMILES string of the molecule is CCN(CCNCCN)CCN(CC)C(CNC)N(C)CCNCCN. The second-order valence-electron chi connectivity index (χ2n) is 6.66. The van der Waals surface area contributed by atoms with Gasteiger partial charge in [0.2, 0.25) is 0 Å². The molecule has 0 rings (SSSR count). The van der Waals surface area contributed by atoms with Crippen molar-refractivity contribution in [3.8, 4) is 0 Å². The van der Waals surface area contributed by atoms with Crippen LogP contribution in [0.15, 0.2) is 0 Å². The Hall–Kier alpha value is -0.320. The fourth-order valence-corrected chi connectivity index (χ4v) is 3.06. The van der Waals surface area contributed by atoms with E-state index in [1.807, 2.05) is 7.05 Å². The molecule has 1 atom stereocenters. The normalized spacial score (nSPS) is 13.3. The summed E-state index contributed by atoms with van der Waals surface area (Å²) in [6.07, 6.45) is 0.402. The fraction of sp³-hybridized carbons (Fsp3) is 1.00. The highest BCUT2D eigenvalue weighted by Crippen LogP contribution is 2.04. The van der Waals surface area contributed by atoms with E-state index in [1.54, 1.807) is 0 Å². The molecule has 0 spiro atoms. The lowest BCUT2D eigenvalue weighted by molar-refractivity contribution is 0.0580. The molecule has 7 N–H and O–H groups in total. The quantitative estimate of drug-likeness (QED) is 0.134. The number of likely N-dealkylation sites (N-methyl/N-ethyl adjacent to an activating group) is 4. The highest BCUT2D eigenvalue weighted by atomic mass is 15.4. The van der Waals surface area contributed by atoms with Gasteiger partial charge < -0.3 is 32.3 Å². The van der Waals surface area contributed by atoms with Gasteiger partial charge in [-0.05, 0) is 27.2 Å². The molecule has 0 fully saturated rings.